The molecule has 1 aromatic heterocycles. The molecule has 4 nitrogen and oxygen atoms in total. The number of anilines is 1. The van der Waals surface area contributed by atoms with Crippen LogP contribution in [0.4, 0.5) is 5.69 Å². The van der Waals surface area contributed by atoms with Crippen LogP contribution in [0.3, 0.4) is 0 Å². The minimum atomic E-state index is 0.660. The Bertz CT molecular complexity index is 483. The lowest BCUT2D eigenvalue weighted by Crippen LogP contribution is -2.01. The zero-order chi connectivity index (χ0) is 13.0. The zero-order valence-corrected chi connectivity index (χ0v) is 11.1. The van der Waals surface area contributed by atoms with E-state index in [9.17, 15) is 0 Å². The summed E-state index contributed by atoms with van der Waals surface area (Å²) in [5, 5.41) is 10.5. The fourth-order valence-electron chi connectivity index (χ4n) is 1.92. The lowest BCUT2D eigenvalue weighted by molar-refractivity contribution is 0.185. The number of benzene rings is 1. The Hall–Kier alpha value is -1.81. The minimum Gasteiger partial charge on any atom is -0.380 e. The molecule has 0 amide bonds. The third-order valence-corrected chi connectivity index (χ3v) is 2.93. The number of aromatic nitrogens is 2. The van der Waals surface area contributed by atoms with Gasteiger partial charge in [-0.05, 0) is 25.0 Å². The molecular weight excluding hydrogens is 226 g/mol. The van der Waals surface area contributed by atoms with Crippen LogP contribution in [0.15, 0.2) is 24.3 Å². The van der Waals surface area contributed by atoms with Crippen molar-refractivity contribution in [3.05, 3.63) is 46.8 Å². The molecule has 96 valence electrons. The molecule has 2 rings (SSSR count). The number of aromatic amines is 1. The number of rotatable bonds is 5. The first-order valence-electron chi connectivity index (χ1n) is 6.03. The molecule has 0 aliphatic heterocycles. The Morgan fingerprint density at radius 3 is 2.39 bits per heavy atom. The number of nitrogens with one attached hydrogen (secondary N) is 2. The third kappa shape index (κ3) is 2.90. The minimum absolute atomic E-state index is 0.660. The number of nitrogens with zero attached hydrogens (tertiary/aromatic N) is 1. The van der Waals surface area contributed by atoms with Crippen molar-refractivity contribution in [3.63, 3.8) is 0 Å². The fourth-order valence-corrected chi connectivity index (χ4v) is 1.92. The summed E-state index contributed by atoms with van der Waals surface area (Å²) in [6.45, 7) is 5.47. The van der Waals surface area contributed by atoms with Crippen molar-refractivity contribution >= 4 is 5.69 Å². The Balaban J connectivity index is 1.98. The molecule has 18 heavy (non-hydrogen) atoms. The number of ether oxygens (including phenoxy) is 1. The van der Waals surface area contributed by atoms with E-state index in [4.69, 9.17) is 4.74 Å². The zero-order valence-electron chi connectivity index (χ0n) is 11.1. The first-order chi connectivity index (χ1) is 8.70. The highest BCUT2D eigenvalue weighted by molar-refractivity contribution is 5.51. The summed E-state index contributed by atoms with van der Waals surface area (Å²) in [4.78, 5) is 0. The van der Waals surface area contributed by atoms with E-state index in [0.717, 1.165) is 23.6 Å². The Morgan fingerprint density at radius 1 is 1.17 bits per heavy atom. The first-order valence-corrected chi connectivity index (χ1v) is 6.03. The van der Waals surface area contributed by atoms with Gasteiger partial charge >= 0.3 is 0 Å². The maximum absolute atomic E-state index is 5.09. The van der Waals surface area contributed by atoms with Gasteiger partial charge in [-0.25, -0.2) is 0 Å². The van der Waals surface area contributed by atoms with Gasteiger partial charge in [-0.1, -0.05) is 24.3 Å². The van der Waals surface area contributed by atoms with Gasteiger partial charge < -0.3 is 10.1 Å². The molecule has 1 aromatic carbocycles. The van der Waals surface area contributed by atoms with Crippen LogP contribution in [0, 0.1) is 13.8 Å². The van der Waals surface area contributed by atoms with Crippen LogP contribution in [0.25, 0.3) is 0 Å². The predicted molar refractivity (Wildman–Crippen MR) is 72.5 cm³/mol. The van der Waals surface area contributed by atoms with E-state index in [1.807, 2.05) is 13.8 Å². The van der Waals surface area contributed by atoms with Gasteiger partial charge in [-0.3, -0.25) is 5.10 Å². The highest BCUT2D eigenvalue weighted by atomic mass is 16.5. The second kappa shape index (κ2) is 5.69. The number of aryl methyl sites for hydroxylation is 2. The van der Waals surface area contributed by atoms with E-state index in [-0.39, 0.29) is 0 Å². The van der Waals surface area contributed by atoms with Crippen LogP contribution in [-0.2, 0) is 17.9 Å². The molecular formula is C14H19N3O. The van der Waals surface area contributed by atoms with E-state index < -0.39 is 0 Å². The predicted octanol–water partition coefficient (Wildman–Crippen LogP) is 2.79. The average Bonchev–Trinajstić information content (AvgIpc) is 2.69. The summed E-state index contributed by atoms with van der Waals surface area (Å²) in [5.74, 6) is 0. The van der Waals surface area contributed by atoms with E-state index in [2.05, 4.69) is 39.8 Å². The normalized spacial score (nSPS) is 10.6. The highest BCUT2D eigenvalue weighted by Crippen LogP contribution is 2.17. The lowest BCUT2D eigenvalue weighted by Gasteiger charge is -2.07. The molecule has 4 heteroatoms. The number of hydrogen-bond donors (Lipinski definition) is 2. The van der Waals surface area contributed by atoms with Crippen LogP contribution in [0.1, 0.15) is 22.5 Å². The van der Waals surface area contributed by atoms with Crippen molar-refractivity contribution in [2.45, 2.75) is 27.0 Å². The SMILES string of the molecule is COCc1ccc(CNc2c(C)n[nH]c2C)cc1. The van der Waals surface area contributed by atoms with E-state index in [1.165, 1.54) is 11.1 Å². The van der Waals surface area contributed by atoms with E-state index >= 15 is 0 Å². The fraction of sp³-hybridized carbons (Fsp3) is 0.357. The summed E-state index contributed by atoms with van der Waals surface area (Å²) in [5.41, 5.74) is 5.61. The Morgan fingerprint density at radius 2 is 1.83 bits per heavy atom. The van der Waals surface area contributed by atoms with Crippen LogP contribution in [0.5, 0.6) is 0 Å². The molecule has 0 bridgehead atoms. The van der Waals surface area contributed by atoms with Crippen molar-refractivity contribution in [2.24, 2.45) is 0 Å². The molecule has 0 spiro atoms. The van der Waals surface area contributed by atoms with Gasteiger partial charge in [-0.2, -0.15) is 5.10 Å². The third-order valence-electron chi connectivity index (χ3n) is 2.93. The summed E-state index contributed by atoms with van der Waals surface area (Å²) < 4.78 is 5.09. The molecule has 1 heterocycles. The summed E-state index contributed by atoms with van der Waals surface area (Å²) in [6.07, 6.45) is 0. The van der Waals surface area contributed by atoms with Crippen LogP contribution < -0.4 is 5.32 Å². The first kappa shape index (κ1) is 12.6. The topological polar surface area (TPSA) is 49.9 Å². The van der Waals surface area contributed by atoms with E-state index in [1.54, 1.807) is 7.11 Å². The second-order valence-corrected chi connectivity index (χ2v) is 4.41. The maximum atomic E-state index is 5.09. The van der Waals surface area contributed by atoms with Crippen molar-refractivity contribution in [1.82, 2.24) is 10.2 Å². The molecule has 0 radical (unpaired) electrons. The number of hydrogen-bond acceptors (Lipinski definition) is 3. The maximum Gasteiger partial charge on any atom is 0.0825 e. The summed E-state index contributed by atoms with van der Waals surface area (Å²) in [6, 6.07) is 8.42. The molecule has 0 fully saturated rings. The molecule has 0 aliphatic carbocycles. The van der Waals surface area contributed by atoms with Crippen molar-refractivity contribution < 1.29 is 4.74 Å². The molecule has 2 aromatic rings. The Labute approximate surface area is 107 Å². The monoisotopic (exact) mass is 245 g/mol. The molecule has 0 saturated carbocycles. The van der Waals surface area contributed by atoms with Crippen LogP contribution >= 0.6 is 0 Å². The molecule has 0 saturated heterocycles. The Kier molecular flexibility index (Phi) is 3.99. The van der Waals surface area contributed by atoms with Crippen molar-refractivity contribution in [1.29, 1.82) is 0 Å². The largest absolute Gasteiger partial charge is 0.380 e. The van der Waals surface area contributed by atoms with Gasteiger partial charge in [0.2, 0.25) is 0 Å². The van der Waals surface area contributed by atoms with Crippen LogP contribution in [0.2, 0.25) is 0 Å². The number of H-pyrrole nitrogens is 1. The van der Waals surface area contributed by atoms with Crippen molar-refractivity contribution in [2.75, 3.05) is 12.4 Å². The highest BCUT2D eigenvalue weighted by Gasteiger charge is 2.05. The van der Waals surface area contributed by atoms with Gasteiger partial charge in [-0.15, -0.1) is 0 Å². The van der Waals surface area contributed by atoms with Gasteiger partial charge in [0, 0.05) is 13.7 Å². The smallest absolute Gasteiger partial charge is 0.0825 e. The summed E-state index contributed by atoms with van der Waals surface area (Å²) >= 11 is 0. The summed E-state index contributed by atoms with van der Waals surface area (Å²) in [7, 11) is 1.71. The average molecular weight is 245 g/mol. The van der Waals surface area contributed by atoms with Gasteiger partial charge in [0.25, 0.3) is 0 Å². The molecule has 0 atom stereocenters. The van der Waals surface area contributed by atoms with Gasteiger partial charge in [0.15, 0.2) is 0 Å². The van der Waals surface area contributed by atoms with Crippen LogP contribution in [-0.4, -0.2) is 17.3 Å². The van der Waals surface area contributed by atoms with E-state index in [0.29, 0.717) is 6.61 Å². The van der Waals surface area contributed by atoms with Crippen molar-refractivity contribution in [3.8, 4) is 0 Å². The lowest BCUT2D eigenvalue weighted by atomic mass is 10.1. The molecule has 0 aliphatic rings. The van der Waals surface area contributed by atoms with Gasteiger partial charge in [0.1, 0.15) is 0 Å². The van der Waals surface area contributed by atoms with Gasteiger partial charge in [0.05, 0.1) is 23.7 Å². The number of methoxy groups -OCH3 is 1. The second-order valence-electron chi connectivity index (χ2n) is 4.41. The standard InChI is InChI=1S/C14H19N3O/c1-10-14(11(2)17-16-10)15-8-12-4-6-13(7-5-12)9-18-3/h4-7,15H,8-9H2,1-3H3,(H,16,17). The molecule has 2 N–H and O–H groups in total. The molecule has 0 unspecified atom stereocenters. The quantitative estimate of drug-likeness (QED) is 0.851.